The standard InChI is InChI=1S/C22H28ClN3O3S/c1-5-29-19(27)17-14(2)24-21-26(11-6-12-30-21)18(17)15-7-9-16(10-8-15)25-20(28)22(3,4)13-23/h7-10,18H,5-6,11-13H2,1-4H3,(H,25,28)/t18-/m0/s1. The molecule has 8 heteroatoms. The van der Waals surface area contributed by atoms with Crippen LogP contribution >= 0.6 is 23.4 Å². The van der Waals surface area contributed by atoms with Crippen LogP contribution in [0, 0.1) is 5.41 Å². The summed E-state index contributed by atoms with van der Waals surface area (Å²) in [6.45, 7) is 8.42. The molecule has 2 heterocycles. The van der Waals surface area contributed by atoms with Crippen LogP contribution in [0.25, 0.3) is 0 Å². The van der Waals surface area contributed by atoms with Crippen molar-refractivity contribution in [3.8, 4) is 0 Å². The number of hydrogen-bond donors (Lipinski definition) is 1. The molecule has 2 aliphatic rings. The summed E-state index contributed by atoms with van der Waals surface area (Å²) in [5, 5.41) is 3.86. The summed E-state index contributed by atoms with van der Waals surface area (Å²) in [5.41, 5.74) is 2.26. The van der Waals surface area contributed by atoms with E-state index in [1.807, 2.05) is 31.2 Å². The average Bonchev–Trinajstić information content (AvgIpc) is 2.73. The van der Waals surface area contributed by atoms with Gasteiger partial charge in [-0.25, -0.2) is 9.79 Å². The lowest BCUT2D eigenvalue weighted by Crippen LogP contribution is -2.42. The predicted octanol–water partition coefficient (Wildman–Crippen LogP) is 4.58. The van der Waals surface area contributed by atoms with E-state index in [-0.39, 0.29) is 23.8 Å². The van der Waals surface area contributed by atoms with Gasteiger partial charge in [0.2, 0.25) is 5.91 Å². The molecule has 2 aliphatic heterocycles. The lowest BCUT2D eigenvalue weighted by atomic mass is 9.93. The Hall–Kier alpha value is -1.99. The number of amidine groups is 1. The molecule has 1 aromatic rings. The third-order valence-electron chi connectivity index (χ3n) is 5.19. The second-order valence-corrected chi connectivity index (χ2v) is 9.33. The molecular weight excluding hydrogens is 422 g/mol. The number of hydrogen-bond acceptors (Lipinski definition) is 6. The highest BCUT2D eigenvalue weighted by molar-refractivity contribution is 8.13. The van der Waals surface area contributed by atoms with Gasteiger partial charge in [0.15, 0.2) is 5.17 Å². The fourth-order valence-corrected chi connectivity index (χ4v) is 4.54. The first-order valence-electron chi connectivity index (χ1n) is 10.1. The minimum absolute atomic E-state index is 0.132. The maximum absolute atomic E-state index is 12.8. The quantitative estimate of drug-likeness (QED) is 0.508. The number of thioether (sulfide) groups is 1. The van der Waals surface area contributed by atoms with Gasteiger partial charge in [-0.1, -0.05) is 23.9 Å². The number of carbonyl (C=O) groups is 2. The Morgan fingerprint density at radius 2 is 2.03 bits per heavy atom. The minimum Gasteiger partial charge on any atom is -0.463 e. The van der Waals surface area contributed by atoms with Crippen molar-refractivity contribution in [1.29, 1.82) is 0 Å². The molecule has 0 unspecified atom stereocenters. The van der Waals surface area contributed by atoms with Gasteiger partial charge in [-0.2, -0.15) is 0 Å². The third kappa shape index (κ3) is 4.67. The third-order valence-corrected chi connectivity index (χ3v) is 6.93. The van der Waals surface area contributed by atoms with Crippen molar-refractivity contribution in [2.24, 2.45) is 10.4 Å². The Kier molecular flexibility index (Phi) is 7.14. The number of alkyl halides is 1. The molecule has 0 spiro atoms. The van der Waals surface area contributed by atoms with Crippen molar-refractivity contribution >= 4 is 46.1 Å². The van der Waals surface area contributed by atoms with E-state index >= 15 is 0 Å². The van der Waals surface area contributed by atoms with E-state index in [9.17, 15) is 9.59 Å². The molecule has 1 aromatic carbocycles. The van der Waals surface area contributed by atoms with Gasteiger partial charge in [-0.05, 0) is 51.8 Å². The molecule has 0 saturated carbocycles. The zero-order valence-electron chi connectivity index (χ0n) is 17.8. The number of carbonyl (C=O) groups excluding carboxylic acids is 2. The molecule has 3 rings (SSSR count). The number of allylic oxidation sites excluding steroid dienone is 1. The van der Waals surface area contributed by atoms with E-state index in [2.05, 4.69) is 15.2 Å². The number of fused-ring (bicyclic) bond motifs is 1. The monoisotopic (exact) mass is 449 g/mol. The molecular formula is C22H28ClN3O3S. The summed E-state index contributed by atoms with van der Waals surface area (Å²) in [5.74, 6) is 0.791. The van der Waals surface area contributed by atoms with Crippen LogP contribution in [0.15, 0.2) is 40.5 Å². The summed E-state index contributed by atoms with van der Waals surface area (Å²) in [4.78, 5) is 32.0. The van der Waals surface area contributed by atoms with Gasteiger partial charge < -0.3 is 15.0 Å². The molecule has 30 heavy (non-hydrogen) atoms. The molecule has 1 N–H and O–H groups in total. The number of ether oxygens (including phenoxy) is 1. The SMILES string of the molecule is CCOC(=O)C1=C(C)N=C2SCCCN2[C@H]1c1ccc(NC(=O)C(C)(C)CCl)cc1. The van der Waals surface area contributed by atoms with E-state index in [0.717, 1.165) is 29.4 Å². The number of anilines is 1. The highest BCUT2D eigenvalue weighted by Crippen LogP contribution is 2.40. The van der Waals surface area contributed by atoms with Crippen LogP contribution in [0.5, 0.6) is 0 Å². The summed E-state index contributed by atoms with van der Waals surface area (Å²) in [6.07, 6.45) is 1.02. The Bertz CT molecular complexity index is 880. The molecule has 162 valence electrons. The second kappa shape index (κ2) is 9.43. The number of amides is 1. The van der Waals surface area contributed by atoms with Crippen LogP contribution in [0.1, 0.15) is 45.7 Å². The Morgan fingerprint density at radius 3 is 2.67 bits per heavy atom. The van der Waals surface area contributed by atoms with Gasteiger partial charge in [0.05, 0.1) is 29.3 Å². The largest absolute Gasteiger partial charge is 0.463 e. The number of halogens is 1. The van der Waals surface area contributed by atoms with Crippen molar-refractivity contribution < 1.29 is 14.3 Å². The highest BCUT2D eigenvalue weighted by Gasteiger charge is 2.37. The fraction of sp³-hybridized carbons (Fsp3) is 0.500. The first-order chi connectivity index (χ1) is 14.3. The Labute approximate surface area is 187 Å². The van der Waals surface area contributed by atoms with Crippen LogP contribution < -0.4 is 5.32 Å². The normalized spacial score (nSPS) is 19.2. The van der Waals surface area contributed by atoms with Crippen molar-refractivity contribution in [3.05, 3.63) is 41.1 Å². The van der Waals surface area contributed by atoms with Crippen molar-refractivity contribution in [1.82, 2.24) is 4.90 Å². The summed E-state index contributed by atoms with van der Waals surface area (Å²) < 4.78 is 5.34. The second-order valence-electron chi connectivity index (χ2n) is 8.01. The van der Waals surface area contributed by atoms with Crippen LogP contribution in [-0.4, -0.2) is 46.7 Å². The van der Waals surface area contributed by atoms with Crippen LogP contribution in [0.4, 0.5) is 5.69 Å². The fourth-order valence-electron chi connectivity index (χ4n) is 3.39. The number of esters is 1. The molecule has 1 saturated heterocycles. The summed E-state index contributed by atoms with van der Waals surface area (Å²) >= 11 is 7.62. The molecule has 1 amide bonds. The van der Waals surface area contributed by atoms with Gasteiger partial charge in [-0.15, -0.1) is 11.6 Å². The van der Waals surface area contributed by atoms with Crippen LogP contribution in [0.2, 0.25) is 0 Å². The van der Waals surface area contributed by atoms with Crippen LogP contribution in [0.3, 0.4) is 0 Å². The molecule has 0 aliphatic carbocycles. The first kappa shape index (κ1) is 22.7. The van der Waals surface area contributed by atoms with Crippen LogP contribution in [-0.2, 0) is 14.3 Å². The van der Waals surface area contributed by atoms with Crippen molar-refractivity contribution in [2.45, 2.75) is 40.2 Å². The zero-order chi connectivity index (χ0) is 21.9. The maximum atomic E-state index is 12.8. The maximum Gasteiger partial charge on any atom is 0.338 e. The van der Waals surface area contributed by atoms with Gasteiger partial charge in [0.25, 0.3) is 0 Å². The average molecular weight is 450 g/mol. The molecule has 0 bridgehead atoms. The molecule has 1 fully saturated rings. The molecule has 1 atom stereocenters. The van der Waals surface area contributed by atoms with E-state index in [1.54, 1.807) is 32.5 Å². The van der Waals surface area contributed by atoms with E-state index < -0.39 is 5.41 Å². The Balaban J connectivity index is 1.92. The summed E-state index contributed by atoms with van der Waals surface area (Å²) in [7, 11) is 0. The van der Waals surface area contributed by atoms with Gasteiger partial charge >= 0.3 is 5.97 Å². The highest BCUT2D eigenvalue weighted by atomic mass is 35.5. The summed E-state index contributed by atoms with van der Waals surface area (Å²) in [6, 6.07) is 7.36. The van der Waals surface area contributed by atoms with Crippen molar-refractivity contribution in [3.63, 3.8) is 0 Å². The van der Waals surface area contributed by atoms with E-state index in [4.69, 9.17) is 16.3 Å². The number of nitrogens with zero attached hydrogens (tertiary/aromatic N) is 2. The topological polar surface area (TPSA) is 71.0 Å². The number of nitrogens with one attached hydrogen (secondary N) is 1. The van der Waals surface area contributed by atoms with Gasteiger partial charge in [0.1, 0.15) is 0 Å². The predicted molar refractivity (Wildman–Crippen MR) is 123 cm³/mol. The molecule has 0 aromatic heterocycles. The number of aliphatic imine (C=N–C) groups is 1. The Morgan fingerprint density at radius 1 is 1.33 bits per heavy atom. The molecule has 6 nitrogen and oxygen atoms in total. The number of rotatable bonds is 6. The minimum atomic E-state index is -0.656. The van der Waals surface area contributed by atoms with Gasteiger partial charge in [0, 0.05) is 23.9 Å². The zero-order valence-corrected chi connectivity index (χ0v) is 19.4. The number of benzene rings is 1. The van der Waals surface area contributed by atoms with E-state index in [1.165, 1.54) is 0 Å². The molecule has 0 radical (unpaired) electrons. The smallest absolute Gasteiger partial charge is 0.338 e. The lowest BCUT2D eigenvalue weighted by Gasteiger charge is -2.40. The lowest BCUT2D eigenvalue weighted by molar-refractivity contribution is -0.139. The van der Waals surface area contributed by atoms with Crippen molar-refractivity contribution in [2.75, 3.05) is 30.1 Å². The van der Waals surface area contributed by atoms with E-state index in [0.29, 0.717) is 23.6 Å². The first-order valence-corrected chi connectivity index (χ1v) is 11.6. The van der Waals surface area contributed by atoms with Gasteiger partial charge in [-0.3, -0.25) is 4.79 Å².